The molecule has 1 saturated carbocycles. The summed E-state index contributed by atoms with van der Waals surface area (Å²) in [5.74, 6) is 0.646. The molecule has 0 radical (unpaired) electrons. The number of thioether (sulfide) groups is 1. The molecule has 1 N–H and O–H groups in total. The highest BCUT2D eigenvalue weighted by atomic mass is 32.2. The van der Waals surface area contributed by atoms with E-state index < -0.39 is 0 Å². The molecule has 0 unspecified atom stereocenters. The number of aromatic nitrogens is 4. The molecule has 1 fully saturated rings. The van der Waals surface area contributed by atoms with Crippen LogP contribution < -0.4 is 0 Å². The highest BCUT2D eigenvalue weighted by molar-refractivity contribution is 7.99. The maximum Gasteiger partial charge on any atom is 0.209 e. The molecule has 5 nitrogen and oxygen atoms in total. The molecule has 1 aliphatic carbocycles. The van der Waals surface area contributed by atoms with E-state index in [0.29, 0.717) is 11.8 Å². The summed E-state index contributed by atoms with van der Waals surface area (Å²) < 4.78 is 1.85. The minimum atomic E-state index is -0.311. The predicted molar refractivity (Wildman–Crippen MR) is 48.5 cm³/mol. The lowest BCUT2D eigenvalue weighted by Gasteiger charge is -2.03. The Morgan fingerprint density at radius 2 is 2.46 bits per heavy atom. The average molecular weight is 200 g/mol. The Labute approximate surface area is 80.5 Å². The molecule has 0 saturated heterocycles. The van der Waals surface area contributed by atoms with Crippen LogP contribution in [0.1, 0.15) is 25.8 Å². The van der Waals surface area contributed by atoms with Crippen LogP contribution in [-0.2, 0) is 0 Å². The van der Waals surface area contributed by atoms with Crippen LogP contribution in [0.4, 0.5) is 0 Å². The van der Waals surface area contributed by atoms with E-state index in [1.165, 1.54) is 24.6 Å². The molecule has 72 valence electrons. The summed E-state index contributed by atoms with van der Waals surface area (Å²) in [7, 11) is 0. The zero-order valence-electron chi connectivity index (χ0n) is 7.42. The van der Waals surface area contributed by atoms with Crippen molar-refractivity contribution in [2.75, 3.05) is 5.75 Å². The Hall–Kier alpha value is -0.620. The van der Waals surface area contributed by atoms with Gasteiger partial charge in [-0.1, -0.05) is 11.8 Å². The number of tetrazole rings is 1. The molecule has 0 aliphatic heterocycles. The van der Waals surface area contributed by atoms with Crippen molar-refractivity contribution in [1.29, 1.82) is 0 Å². The lowest BCUT2D eigenvalue weighted by molar-refractivity contribution is 0.220. The van der Waals surface area contributed by atoms with E-state index >= 15 is 0 Å². The standard InChI is InChI=1S/C7H12N4OS/c1-5(12)4-13-7-8-9-10-11(7)6-2-3-6/h5-6,12H,2-4H2,1H3/t5-/m0/s1. The van der Waals surface area contributed by atoms with Crippen molar-refractivity contribution in [3.8, 4) is 0 Å². The van der Waals surface area contributed by atoms with E-state index in [-0.39, 0.29) is 6.10 Å². The SMILES string of the molecule is C[C@H](O)CSc1nnnn1C1CC1. The van der Waals surface area contributed by atoms with Gasteiger partial charge in [-0.2, -0.15) is 0 Å². The first-order valence-corrected chi connectivity index (χ1v) is 5.34. The lowest BCUT2D eigenvalue weighted by Crippen LogP contribution is -2.05. The van der Waals surface area contributed by atoms with E-state index in [1.54, 1.807) is 6.92 Å². The number of hydrogen-bond acceptors (Lipinski definition) is 5. The summed E-state index contributed by atoms with van der Waals surface area (Å²) in [6.45, 7) is 1.76. The van der Waals surface area contributed by atoms with Gasteiger partial charge in [-0.05, 0) is 30.2 Å². The second-order valence-corrected chi connectivity index (χ2v) is 4.28. The monoisotopic (exact) mass is 200 g/mol. The van der Waals surface area contributed by atoms with Gasteiger partial charge in [-0.25, -0.2) is 4.68 Å². The van der Waals surface area contributed by atoms with Crippen molar-refractivity contribution in [1.82, 2.24) is 20.2 Å². The third kappa shape index (κ3) is 2.19. The highest BCUT2D eigenvalue weighted by Gasteiger charge is 2.27. The average Bonchev–Trinajstić information content (AvgIpc) is 2.82. The number of nitrogens with zero attached hydrogens (tertiary/aromatic N) is 4. The maximum absolute atomic E-state index is 9.10. The van der Waals surface area contributed by atoms with Crippen molar-refractivity contribution >= 4 is 11.8 Å². The molecule has 13 heavy (non-hydrogen) atoms. The van der Waals surface area contributed by atoms with Gasteiger partial charge in [0.05, 0.1) is 12.1 Å². The van der Waals surface area contributed by atoms with Gasteiger partial charge in [0.25, 0.3) is 0 Å². The van der Waals surface area contributed by atoms with E-state index in [1.807, 2.05) is 4.68 Å². The van der Waals surface area contributed by atoms with E-state index in [0.717, 1.165) is 5.16 Å². The highest BCUT2D eigenvalue weighted by Crippen LogP contribution is 2.36. The van der Waals surface area contributed by atoms with E-state index in [4.69, 9.17) is 5.11 Å². The number of aliphatic hydroxyl groups is 1. The zero-order chi connectivity index (χ0) is 9.26. The van der Waals surface area contributed by atoms with Gasteiger partial charge in [-0.3, -0.25) is 0 Å². The number of hydrogen-bond donors (Lipinski definition) is 1. The normalized spacial score (nSPS) is 18.9. The third-order valence-electron chi connectivity index (χ3n) is 1.81. The van der Waals surface area contributed by atoms with Gasteiger partial charge in [0.1, 0.15) is 0 Å². The Morgan fingerprint density at radius 1 is 1.69 bits per heavy atom. The van der Waals surface area contributed by atoms with Crippen molar-refractivity contribution < 1.29 is 5.11 Å². The molecule has 0 aromatic carbocycles. The summed E-state index contributed by atoms with van der Waals surface area (Å²) in [5, 5.41) is 21.4. The smallest absolute Gasteiger partial charge is 0.209 e. The molecule has 0 bridgehead atoms. The van der Waals surface area contributed by atoms with Gasteiger partial charge in [0.15, 0.2) is 0 Å². The Balaban J connectivity index is 1.98. The van der Waals surface area contributed by atoms with Crippen molar-refractivity contribution in [3.63, 3.8) is 0 Å². The predicted octanol–water partition coefficient (Wildman–Crippen LogP) is 0.481. The summed E-state index contributed by atoms with van der Waals surface area (Å²) in [4.78, 5) is 0. The number of rotatable bonds is 4. The van der Waals surface area contributed by atoms with Crippen LogP contribution in [-0.4, -0.2) is 37.2 Å². The largest absolute Gasteiger partial charge is 0.393 e. The zero-order valence-corrected chi connectivity index (χ0v) is 8.24. The Bertz CT molecular complexity index is 284. The van der Waals surface area contributed by atoms with Crippen molar-refractivity contribution in [2.24, 2.45) is 0 Å². The molecule has 2 rings (SSSR count). The van der Waals surface area contributed by atoms with Crippen LogP contribution in [0.15, 0.2) is 5.16 Å². The molecular weight excluding hydrogens is 188 g/mol. The fraction of sp³-hybridized carbons (Fsp3) is 0.857. The van der Waals surface area contributed by atoms with Gasteiger partial charge < -0.3 is 5.11 Å². The van der Waals surface area contributed by atoms with Gasteiger partial charge in [-0.15, -0.1) is 5.10 Å². The Morgan fingerprint density at radius 3 is 3.08 bits per heavy atom. The van der Waals surface area contributed by atoms with Crippen LogP contribution >= 0.6 is 11.8 Å². The first-order chi connectivity index (χ1) is 6.27. The van der Waals surface area contributed by atoms with Crippen LogP contribution in [0.25, 0.3) is 0 Å². The first-order valence-electron chi connectivity index (χ1n) is 4.36. The minimum Gasteiger partial charge on any atom is -0.393 e. The van der Waals surface area contributed by atoms with Crippen molar-refractivity contribution in [2.45, 2.75) is 37.1 Å². The van der Waals surface area contributed by atoms with Crippen molar-refractivity contribution in [3.05, 3.63) is 0 Å². The van der Waals surface area contributed by atoms with Crippen LogP contribution in [0.5, 0.6) is 0 Å². The van der Waals surface area contributed by atoms with Crippen LogP contribution in [0.2, 0.25) is 0 Å². The summed E-state index contributed by atoms with van der Waals surface area (Å²) in [6, 6.07) is 0.506. The van der Waals surface area contributed by atoms with Crippen LogP contribution in [0.3, 0.4) is 0 Å². The van der Waals surface area contributed by atoms with Gasteiger partial charge >= 0.3 is 0 Å². The molecule has 1 aromatic heterocycles. The van der Waals surface area contributed by atoms with Crippen LogP contribution in [0, 0.1) is 0 Å². The van der Waals surface area contributed by atoms with Gasteiger partial charge in [0, 0.05) is 5.75 Å². The summed E-state index contributed by atoms with van der Waals surface area (Å²) >= 11 is 1.51. The fourth-order valence-electron chi connectivity index (χ4n) is 1.02. The molecule has 1 aliphatic rings. The second kappa shape index (κ2) is 3.63. The van der Waals surface area contributed by atoms with E-state index in [2.05, 4.69) is 15.5 Å². The molecule has 6 heteroatoms. The lowest BCUT2D eigenvalue weighted by atomic mass is 10.5. The molecule has 1 aromatic rings. The minimum absolute atomic E-state index is 0.311. The Kier molecular flexibility index (Phi) is 2.50. The molecule has 1 atom stereocenters. The topological polar surface area (TPSA) is 63.8 Å². The van der Waals surface area contributed by atoms with Gasteiger partial charge in [0.2, 0.25) is 5.16 Å². The quantitative estimate of drug-likeness (QED) is 0.716. The molecule has 0 amide bonds. The maximum atomic E-state index is 9.10. The molecule has 0 spiro atoms. The third-order valence-corrected chi connectivity index (χ3v) is 2.98. The molecule has 1 heterocycles. The summed E-state index contributed by atoms with van der Waals surface area (Å²) in [6.07, 6.45) is 2.04. The number of aliphatic hydroxyl groups excluding tert-OH is 1. The summed E-state index contributed by atoms with van der Waals surface area (Å²) in [5.41, 5.74) is 0. The first kappa shape index (κ1) is 8.96. The second-order valence-electron chi connectivity index (χ2n) is 3.30. The molecular formula is C7H12N4OS. The van der Waals surface area contributed by atoms with E-state index in [9.17, 15) is 0 Å². The fourth-order valence-corrected chi connectivity index (χ4v) is 1.83.